The van der Waals surface area contributed by atoms with E-state index in [0.717, 1.165) is 25.7 Å². The molecular formula is C18H29Na2O7-. The summed E-state index contributed by atoms with van der Waals surface area (Å²) in [5.74, 6) is -7.65. The first kappa shape index (κ1) is 32.0. The molecular weight excluding hydrogens is 374 g/mol. The summed E-state index contributed by atoms with van der Waals surface area (Å²) >= 11 is 0. The minimum atomic E-state index is -3.02. The van der Waals surface area contributed by atoms with E-state index in [2.05, 4.69) is 6.92 Å². The molecule has 0 saturated heterocycles. The molecule has 7 nitrogen and oxygen atoms in total. The molecule has 9 heteroatoms. The van der Waals surface area contributed by atoms with Gasteiger partial charge in [0.15, 0.2) is 0 Å². The van der Waals surface area contributed by atoms with Crippen molar-refractivity contribution >= 4 is 17.9 Å². The van der Waals surface area contributed by atoms with Gasteiger partial charge in [-0.05, 0) is 6.42 Å². The van der Waals surface area contributed by atoms with Crippen LogP contribution < -0.4 is 74.4 Å². The molecule has 2 atom stereocenters. The molecule has 0 aromatic heterocycles. The Morgan fingerprint density at radius 3 is 1.56 bits per heavy atom. The van der Waals surface area contributed by atoms with E-state index in [1.54, 1.807) is 0 Å². The van der Waals surface area contributed by atoms with Crippen molar-refractivity contribution in [3.8, 4) is 0 Å². The number of aliphatic hydroxyl groups is 1. The van der Waals surface area contributed by atoms with Crippen LogP contribution in [0.25, 0.3) is 0 Å². The average molecular weight is 403 g/mol. The van der Waals surface area contributed by atoms with E-state index in [1.165, 1.54) is 25.7 Å². The Morgan fingerprint density at radius 2 is 1.22 bits per heavy atom. The van der Waals surface area contributed by atoms with Crippen molar-refractivity contribution in [3.63, 3.8) is 0 Å². The fourth-order valence-corrected chi connectivity index (χ4v) is 2.95. The first-order valence-electron chi connectivity index (χ1n) is 9.10. The SMILES string of the molecule is CCCCCCCCCCCCC(C(=O)[O-])C(O)(CC(=O)[O-])C(=O)[O-].[Na+].[Na+]. The van der Waals surface area contributed by atoms with Crippen molar-refractivity contribution < 1.29 is 93.9 Å². The van der Waals surface area contributed by atoms with Gasteiger partial charge in [-0.1, -0.05) is 71.1 Å². The molecule has 0 bridgehead atoms. The fourth-order valence-electron chi connectivity index (χ4n) is 2.95. The average Bonchev–Trinajstić information content (AvgIpc) is 2.51. The maximum Gasteiger partial charge on any atom is 1.00 e. The zero-order valence-corrected chi connectivity index (χ0v) is 21.0. The molecule has 0 rings (SSSR count). The van der Waals surface area contributed by atoms with Crippen molar-refractivity contribution in [2.45, 2.75) is 89.6 Å². The number of carboxylic acid groups (broad SMARTS) is 3. The first-order valence-corrected chi connectivity index (χ1v) is 9.10. The van der Waals surface area contributed by atoms with Gasteiger partial charge in [-0.2, -0.15) is 0 Å². The van der Waals surface area contributed by atoms with Crippen LogP contribution in [-0.2, 0) is 14.4 Å². The van der Waals surface area contributed by atoms with Gasteiger partial charge in [-0.25, -0.2) is 0 Å². The summed E-state index contributed by atoms with van der Waals surface area (Å²) in [5, 5.41) is 42.7. The minimum absolute atomic E-state index is 0. The van der Waals surface area contributed by atoms with Crippen molar-refractivity contribution in [1.82, 2.24) is 0 Å². The molecule has 0 fully saturated rings. The number of rotatable bonds is 16. The van der Waals surface area contributed by atoms with E-state index in [9.17, 15) is 34.8 Å². The Morgan fingerprint density at radius 1 is 0.815 bits per heavy atom. The molecule has 0 aliphatic rings. The van der Waals surface area contributed by atoms with E-state index in [0.29, 0.717) is 12.8 Å². The Labute approximate surface area is 205 Å². The van der Waals surface area contributed by atoms with E-state index in [4.69, 9.17) is 0 Å². The molecule has 0 spiro atoms. The number of carbonyl (C=O) groups excluding carboxylic acids is 3. The Bertz CT molecular complexity index is 432. The Balaban J connectivity index is -0.00000288. The fraction of sp³-hybridized carbons (Fsp3) is 0.833. The Hall–Kier alpha value is 0.370. The number of carboxylic acids is 3. The third-order valence-electron chi connectivity index (χ3n) is 4.47. The monoisotopic (exact) mass is 403 g/mol. The molecule has 2 unspecified atom stereocenters. The van der Waals surface area contributed by atoms with Crippen LogP contribution in [0.3, 0.4) is 0 Å². The van der Waals surface area contributed by atoms with Gasteiger partial charge in [-0.15, -0.1) is 0 Å². The molecule has 146 valence electrons. The van der Waals surface area contributed by atoms with Crippen LogP contribution in [0, 0.1) is 5.92 Å². The summed E-state index contributed by atoms with van der Waals surface area (Å²) < 4.78 is 0. The normalized spacial score (nSPS) is 13.6. The smallest absolute Gasteiger partial charge is 0.550 e. The van der Waals surface area contributed by atoms with E-state index >= 15 is 0 Å². The predicted octanol–water partition coefficient (Wildman–Crippen LogP) is -6.71. The number of aliphatic carboxylic acids is 3. The van der Waals surface area contributed by atoms with Crippen LogP contribution >= 0.6 is 0 Å². The van der Waals surface area contributed by atoms with Gasteiger partial charge in [0.1, 0.15) is 5.60 Å². The molecule has 0 aromatic carbocycles. The zero-order valence-electron chi connectivity index (χ0n) is 17.0. The van der Waals surface area contributed by atoms with Gasteiger partial charge >= 0.3 is 59.1 Å². The van der Waals surface area contributed by atoms with Crippen molar-refractivity contribution in [2.24, 2.45) is 5.92 Å². The van der Waals surface area contributed by atoms with Gasteiger partial charge < -0.3 is 34.8 Å². The second-order valence-corrected chi connectivity index (χ2v) is 6.60. The van der Waals surface area contributed by atoms with Crippen LogP contribution in [0.2, 0.25) is 0 Å². The largest absolute Gasteiger partial charge is 1.00 e. The summed E-state index contributed by atoms with van der Waals surface area (Å²) in [7, 11) is 0. The van der Waals surface area contributed by atoms with Gasteiger partial charge in [0.05, 0.1) is 5.97 Å². The Kier molecular flexibility index (Phi) is 21.8. The number of unbranched alkanes of at least 4 members (excludes halogenated alkanes) is 9. The van der Waals surface area contributed by atoms with Crippen molar-refractivity contribution in [3.05, 3.63) is 0 Å². The maximum absolute atomic E-state index is 11.1. The van der Waals surface area contributed by atoms with Gasteiger partial charge in [0, 0.05) is 24.3 Å². The standard InChI is InChI=1S/C18H32O7.2Na/c1-2-3-4-5-6-7-8-9-10-11-12-14(16(21)22)18(25,17(23)24)13-15(19)20;;/h14,25H,2-13H2,1H3,(H,19,20)(H,21,22)(H,23,24);;/q;2*+1/p-3. The molecule has 1 N–H and O–H groups in total. The van der Waals surface area contributed by atoms with E-state index in [1.807, 2.05) is 0 Å². The molecule has 27 heavy (non-hydrogen) atoms. The van der Waals surface area contributed by atoms with Crippen LogP contribution in [-0.4, -0.2) is 28.6 Å². The quantitative estimate of drug-likeness (QED) is 0.199. The van der Waals surface area contributed by atoms with Crippen LogP contribution in [0.15, 0.2) is 0 Å². The summed E-state index contributed by atoms with van der Waals surface area (Å²) in [6, 6.07) is 0. The third kappa shape index (κ3) is 14.1. The summed E-state index contributed by atoms with van der Waals surface area (Å²) in [5.41, 5.74) is -3.02. The first-order chi connectivity index (χ1) is 11.8. The van der Waals surface area contributed by atoms with Crippen LogP contribution in [0.4, 0.5) is 0 Å². The molecule has 0 aliphatic heterocycles. The van der Waals surface area contributed by atoms with Gasteiger partial charge in [0.25, 0.3) is 0 Å². The molecule has 0 aliphatic carbocycles. The van der Waals surface area contributed by atoms with Crippen molar-refractivity contribution in [1.29, 1.82) is 0 Å². The molecule has 0 heterocycles. The van der Waals surface area contributed by atoms with E-state index in [-0.39, 0.29) is 65.5 Å². The predicted molar refractivity (Wildman–Crippen MR) is 84.5 cm³/mol. The van der Waals surface area contributed by atoms with Gasteiger partial charge in [0.2, 0.25) is 0 Å². The summed E-state index contributed by atoms with van der Waals surface area (Å²) in [6.07, 6.45) is 8.55. The van der Waals surface area contributed by atoms with E-state index < -0.39 is 35.8 Å². The van der Waals surface area contributed by atoms with Crippen molar-refractivity contribution in [2.75, 3.05) is 0 Å². The number of carbonyl (C=O) groups is 3. The second-order valence-electron chi connectivity index (χ2n) is 6.60. The number of hydrogen-bond donors (Lipinski definition) is 1. The van der Waals surface area contributed by atoms with Gasteiger partial charge in [-0.3, -0.25) is 0 Å². The topological polar surface area (TPSA) is 141 Å². The molecule has 0 radical (unpaired) electrons. The van der Waals surface area contributed by atoms with Crippen LogP contribution in [0.1, 0.15) is 84.0 Å². The summed E-state index contributed by atoms with van der Waals surface area (Å²) in [6.45, 7) is 2.16. The zero-order chi connectivity index (χ0) is 19.3. The third-order valence-corrected chi connectivity index (χ3v) is 4.47. The molecule has 0 amide bonds. The molecule has 0 aromatic rings. The maximum atomic E-state index is 11.1. The minimum Gasteiger partial charge on any atom is -0.550 e. The molecule has 0 saturated carbocycles. The van der Waals surface area contributed by atoms with Crippen LogP contribution in [0.5, 0.6) is 0 Å². The summed E-state index contributed by atoms with van der Waals surface area (Å²) in [4.78, 5) is 32.8. The number of hydrogen-bond acceptors (Lipinski definition) is 7. The second kappa shape index (κ2) is 18.4.